The Morgan fingerprint density at radius 3 is 2.38 bits per heavy atom. The van der Waals surface area contributed by atoms with Gasteiger partial charge in [0.1, 0.15) is 17.9 Å². The monoisotopic (exact) mass is 683 g/mol. The maximum atomic E-state index is 16.0. The SMILES string of the molecule is CC12C=CC(=O)C=C1C(F)CC1C2C(O)CC2(C)C(C(=O)SCF)C(CN(O)Cc3ccc(CSc4ccc(O)cc4)cc3)CC12C. The lowest BCUT2D eigenvalue weighted by atomic mass is 9.41. The zero-order valence-corrected chi connectivity index (χ0v) is 28.6. The van der Waals surface area contributed by atoms with Gasteiger partial charge in [-0.15, -0.1) is 11.8 Å². The van der Waals surface area contributed by atoms with Crippen LogP contribution in [0.4, 0.5) is 8.78 Å². The summed E-state index contributed by atoms with van der Waals surface area (Å²) in [6, 6.07) is 14.2. The summed E-state index contributed by atoms with van der Waals surface area (Å²) in [4.78, 5) is 26.9. The van der Waals surface area contributed by atoms with Crippen molar-refractivity contribution in [1.82, 2.24) is 5.06 Å². The minimum absolute atomic E-state index is 0.139. The fourth-order valence-electron chi connectivity index (χ4n) is 9.71. The first-order chi connectivity index (χ1) is 22.3. The molecular formula is C37H43F2NO5S2. The normalized spacial score (nSPS) is 36.1. The van der Waals surface area contributed by atoms with Crippen molar-refractivity contribution in [3.8, 4) is 5.75 Å². The number of thioether (sulfide) groups is 2. The van der Waals surface area contributed by atoms with Crippen molar-refractivity contribution >= 4 is 34.4 Å². The zero-order valence-electron chi connectivity index (χ0n) is 26.9. The van der Waals surface area contributed by atoms with Crippen molar-refractivity contribution < 1.29 is 33.8 Å². The molecule has 3 N–H and O–H groups in total. The van der Waals surface area contributed by atoms with E-state index >= 15 is 4.39 Å². The molecule has 9 unspecified atom stereocenters. The van der Waals surface area contributed by atoms with Gasteiger partial charge >= 0.3 is 0 Å². The number of fused-ring (bicyclic) bond motifs is 5. The van der Waals surface area contributed by atoms with Gasteiger partial charge in [0.25, 0.3) is 0 Å². The van der Waals surface area contributed by atoms with Crippen LogP contribution in [0.25, 0.3) is 0 Å². The number of aliphatic hydroxyl groups is 1. The second-order valence-electron chi connectivity index (χ2n) is 14.5. The first-order valence-electron chi connectivity index (χ1n) is 16.2. The average molecular weight is 684 g/mol. The first kappa shape index (κ1) is 34.4. The molecule has 2 aromatic rings. The van der Waals surface area contributed by atoms with Gasteiger partial charge in [-0.1, -0.05) is 62.9 Å². The molecule has 3 fully saturated rings. The molecule has 9 atom stereocenters. The predicted octanol–water partition coefficient (Wildman–Crippen LogP) is 7.52. The number of rotatable bonds is 9. The number of nitrogens with zero attached hydrogens (tertiary/aromatic N) is 1. The lowest BCUT2D eigenvalue weighted by molar-refractivity contribution is -0.169. The van der Waals surface area contributed by atoms with Crippen LogP contribution >= 0.6 is 23.5 Å². The van der Waals surface area contributed by atoms with Gasteiger partial charge in [-0.05, 0) is 95.0 Å². The number of hydroxylamine groups is 2. The maximum absolute atomic E-state index is 16.0. The third-order valence-electron chi connectivity index (χ3n) is 12.0. The van der Waals surface area contributed by atoms with Crippen molar-refractivity contribution in [3.05, 3.63) is 83.5 Å². The van der Waals surface area contributed by atoms with Gasteiger partial charge in [0.15, 0.2) is 10.9 Å². The Kier molecular flexibility index (Phi) is 9.57. The number of carbonyl (C=O) groups is 2. The van der Waals surface area contributed by atoms with Gasteiger partial charge in [0, 0.05) is 41.0 Å². The predicted molar refractivity (Wildman–Crippen MR) is 180 cm³/mol. The minimum Gasteiger partial charge on any atom is -0.508 e. The van der Waals surface area contributed by atoms with Crippen LogP contribution in [0.15, 0.2) is 77.2 Å². The van der Waals surface area contributed by atoms with Gasteiger partial charge in [-0.25, -0.2) is 8.78 Å². The van der Waals surface area contributed by atoms with E-state index in [0.29, 0.717) is 30.2 Å². The summed E-state index contributed by atoms with van der Waals surface area (Å²) in [5.41, 5.74) is 0.267. The fraction of sp³-hybridized carbons (Fsp3) is 0.514. The fourth-order valence-corrected chi connectivity index (χ4v) is 11.3. The van der Waals surface area contributed by atoms with Crippen molar-refractivity contribution in [2.24, 2.45) is 39.9 Å². The molecule has 0 aromatic heterocycles. The highest BCUT2D eigenvalue weighted by atomic mass is 32.2. The number of phenolic OH excluding ortho intramolecular Hbond substituents is 1. The molecule has 0 spiro atoms. The number of benzene rings is 2. The van der Waals surface area contributed by atoms with Crippen molar-refractivity contribution in [2.75, 3.05) is 12.6 Å². The van der Waals surface area contributed by atoms with Crippen LogP contribution in [0, 0.1) is 39.9 Å². The van der Waals surface area contributed by atoms with Crippen molar-refractivity contribution in [2.45, 2.75) is 69.5 Å². The molecule has 47 heavy (non-hydrogen) atoms. The molecule has 10 heteroatoms. The van der Waals surface area contributed by atoms with E-state index in [2.05, 4.69) is 6.92 Å². The van der Waals surface area contributed by atoms with E-state index in [9.17, 15) is 29.4 Å². The number of aliphatic hydroxyl groups excluding tert-OH is 1. The van der Waals surface area contributed by atoms with Gasteiger partial charge in [-0.3, -0.25) is 9.59 Å². The molecule has 6 rings (SSSR count). The summed E-state index contributed by atoms with van der Waals surface area (Å²) in [7, 11) is 0. The molecule has 0 radical (unpaired) electrons. The molecule has 6 nitrogen and oxygen atoms in total. The van der Waals surface area contributed by atoms with Crippen LogP contribution in [0.2, 0.25) is 0 Å². The Labute approximate surface area is 283 Å². The van der Waals surface area contributed by atoms with E-state index in [-0.39, 0.29) is 53.9 Å². The van der Waals surface area contributed by atoms with Crippen LogP contribution in [0.5, 0.6) is 5.75 Å². The molecule has 0 amide bonds. The second kappa shape index (κ2) is 13.1. The molecule has 0 aliphatic heterocycles. The van der Waals surface area contributed by atoms with E-state index in [4.69, 9.17) is 0 Å². The first-order valence-corrected chi connectivity index (χ1v) is 18.2. The Bertz CT molecular complexity index is 1570. The minimum atomic E-state index is -1.35. The number of carbonyl (C=O) groups excluding carboxylic acids is 2. The van der Waals surface area contributed by atoms with E-state index in [1.165, 1.54) is 17.2 Å². The Balaban J connectivity index is 1.21. The summed E-state index contributed by atoms with van der Waals surface area (Å²) in [6.07, 6.45) is 3.36. The second-order valence-corrected chi connectivity index (χ2v) is 16.5. The van der Waals surface area contributed by atoms with Crippen LogP contribution in [-0.2, 0) is 21.9 Å². The molecule has 2 aromatic carbocycles. The summed E-state index contributed by atoms with van der Waals surface area (Å²) in [5, 5.41) is 33.5. The average Bonchev–Trinajstić information content (AvgIpc) is 3.24. The molecular weight excluding hydrogens is 641 g/mol. The topological polar surface area (TPSA) is 98.1 Å². The Morgan fingerprint density at radius 2 is 1.70 bits per heavy atom. The molecule has 4 aliphatic carbocycles. The molecule has 0 bridgehead atoms. The lowest BCUT2D eigenvalue weighted by Gasteiger charge is -2.63. The van der Waals surface area contributed by atoms with Gasteiger partial charge in [-0.2, -0.15) is 5.06 Å². The summed E-state index contributed by atoms with van der Waals surface area (Å²) in [6.45, 7) is 6.40. The van der Waals surface area contributed by atoms with Gasteiger partial charge in [0.05, 0.1) is 6.10 Å². The van der Waals surface area contributed by atoms with Crippen molar-refractivity contribution in [1.29, 1.82) is 0 Å². The van der Waals surface area contributed by atoms with Crippen LogP contribution in [0.1, 0.15) is 51.2 Å². The number of ketones is 1. The maximum Gasteiger partial charge on any atom is 0.195 e. The highest BCUT2D eigenvalue weighted by molar-refractivity contribution is 8.13. The number of hydrogen-bond donors (Lipinski definition) is 3. The number of phenols is 1. The standard InChI is InChI=1S/C37H43F2NO5S2/c1-35-13-12-26(42)14-28(35)30(39)15-29-33(35)31(43)17-37(3)32(34(44)47-21-38)24(16-36(29,37)2)19-40(45)18-22-4-6-23(7-5-22)20-46-27-10-8-25(41)9-11-27/h4-14,24,29-33,41,43,45H,15-21H2,1-3H3. The number of aromatic hydroxyl groups is 1. The molecule has 0 heterocycles. The molecule has 3 saturated carbocycles. The van der Waals surface area contributed by atoms with Gasteiger partial charge < -0.3 is 15.4 Å². The van der Waals surface area contributed by atoms with Crippen LogP contribution in [-0.4, -0.2) is 56.2 Å². The number of halogens is 2. The highest BCUT2D eigenvalue weighted by Crippen LogP contribution is 2.73. The third-order valence-corrected chi connectivity index (χ3v) is 13.7. The number of alkyl halides is 2. The van der Waals surface area contributed by atoms with E-state index in [1.807, 2.05) is 50.2 Å². The summed E-state index contributed by atoms with van der Waals surface area (Å²) >= 11 is 2.30. The highest BCUT2D eigenvalue weighted by Gasteiger charge is 2.71. The summed E-state index contributed by atoms with van der Waals surface area (Å²) < 4.78 is 29.6. The number of hydrogen-bond acceptors (Lipinski definition) is 8. The van der Waals surface area contributed by atoms with Crippen molar-refractivity contribution in [3.63, 3.8) is 0 Å². The smallest absolute Gasteiger partial charge is 0.195 e. The quantitative estimate of drug-likeness (QED) is 0.185. The van der Waals surface area contributed by atoms with E-state index in [1.54, 1.807) is 30.0 Å². The zero-order chi connectivity index (χ0) is 33.7. The third kappa shape index (κ3) is 6.14. The summed E-state index contributed by atoms with van der Waals surface area (Å²) in [5.74, 6) is -0.874. The number of allylic oxidation sites excluding steroid dienone is 4. The largest absolute Gasteiger partial charge is 0.508 e. The molecule has 0 saturated heterocycles. The van der Waals surface area contributed by atoms with E-state index < -0.39 is 40.4 Å². The van der Waals surface area contributed by atoms with Crippen LogP contribution in [0.3, 0.4) is 0 Å². The Hall–Kier alpha value is -2.50. The molecule has 252 valence electrons. The molecule has 4 aliphatic rings. The Morgan fingerprint density at radius 1 is 1.02 bits per heavy atom. The van der Waals surface area contributed by atoms with E-state index in [0.717, 1.165) is 21.8 Å². The lowest BCUT2D eigenvalue weighted by Crippen LogP contribution is -2.62. The van der Waals surface area contributed by atoms with Gasteiger partial charge in [0.2, 0.25) is 0 Å². The van der Waals surface area contributed by atoms with Crippen LogP contribution < -0.4 is 0 Å².